The van der Waals surface area contributed by atoms with Gasteiger partial charge in [-0.3, -0.25) is 14.6 Å². The second-order valence-corrected chi connectivity index (χ2v) is 5.98. The number of nitrogens with one attached hydrogen (secondary N) is 1. The van der Waals surface area contributed by atoms with Crippen molar-refractivity contribution in [2.75, 3.05) is 13.2 Å². The third-order valence-corrected chi connectivity index (χ3v) is 3.93. The first-order valence-corrected chi connectivity index (χ1v) is 8.64. The summed E-state index contributed by atoms with van der Waals surface area (Å²) in [6.07, 6.45) is 4.27. The third kappa shape index (κ3) is 5.78. The molecule has 1 aromatic heterocycles. The standard InChI is InChI=1S/C19H20F3N3O3/c20-13-6-7-14(21)18(17(13)22)28-11-16(26)15(5-1-2-8-23)25-19(27)12-4-3-9-24-10-12/h3-4,6-7,9-10,15H,1-2,5,8,11,23H2,(H,25,27)/t15-/m0/s1. The average Bonchev–Trinajstić information content (AvgIpc) is 2.70. The molecule has 1 amide bonds. The molecule has 0 saturated heterocycles. The van der Waals surface area contributed by atoms with Crippen molar-refractivity contribution in [3.05, 3.63) is 59.7 Å². The van der Waals surface area contributed by atoms with Crippen LogP contribution in [0.5, 0.6) is 5.75 Å². The Morgan fingerprint density at radius 3 is 2.57 bits per heavy atom. The summed E-state index contributed by atoms with van der Waals surface area (Å²) in [4.78, 5) is 28.6. The van der Waals surface area contributed by atoms with E-state index in [-0.39, 0.29) is 12.0 Å². The highest BCUT2D eigenvalue weighted by Gasteiger charge is 2.23. The quantitative estimate of drug-likeness (QED) is 0.476. The highest BCUT2D eigenvalue weighted by atomic mass is 19.2. The Hall–Kier alpha value is -2.94. The van der Waals surface area contributed by atoms with Crippen LogP contribution in [0.3, 0.4) is 0 Å². The van der Waals surface area contributed by atoms with Gasteiger partial charge in [0.05, 0.1) is 11.6 Å². The van der Waals surface area contributed by atoms with Gasteiger partial charge in [0.25, 0.3) is 5.91 Å². The van der Waals surface area contributed by atoms with Gasteiger partial charge in [-0.2, -0.15) is 4.39 Å². The molecule has 0 aliphatic rings. The van der Waals surface area contributed by atoms with Crippen molar-refractivity contribution in [2.45, 2.75) is 25.3 Å². The molecule has 3 N–H and O–H groups in total. The smallest absolute Gasteiger partial charge is 0.253 e. The maximum atomic E-state index is 13.7. The number of rotatable bonds is 10. The van der Waals surface area contributed by atoms with E-state index < -0.39 is 47.5 Å². The van der Waals surface area contributed by atoms with Crippen molar-refractivity contribution in [2.24, 2.45) is 5.73 Å². The first-order chi connectivity index (χ1) is 13.4. The maximum Gasteiger partial charge on any atom is 0.253 e. The van der Waals surface area contributed by atoms with Gasteiger partial charge in [-0.05, 0) is 50.1 Å². The Kier molecular flexibility index (Phi) is 7.94. The Morgan fingerprint density at radius 1 is 1.14 bits per heavy atom. The van der Waals surface area contributed by atoms with Crippen LogP contribution in [0.4, 0.5) is 13.2 Å². The minimum Gasteiger partial charge on any atom is -0.480 e. The molecule has 1 atom stereocenters. The number of unbranched alkanes of at least 4 members (excludes halogenated alkanes) is 1. The first kappa shape index (κ1) is 21.4. The van der Waals surface area contributed by atoms with Crippen LogP contribution in [0.2, 0.25) is 0 Å². The topological polar surface area (TPSA) is 94.3 Å². The number of carbonyl (C=O) groups is 2. The first-order valence-electron chi connectivity index (χ1n) is 8.64. The largest absolute Gasteiger partial charge is 0.480 e. The fourth-order valence-electron chi connectivity index (χ4n) is 2.43. The summed E-state index contributed by atoms with van der Waals surface area (Å²) in [5.41, 5.74) is 5.69. The summed E-state index contributed by atoms with van der Waals surface area (Å²) in [5, 5.41) is 2.56. The number of ketones is 1. The molecular weight excluding hydrogens is 375 g/mol. The Bertz CT molecular complexity index is 819. The van der Waals surface area contributed by atoms with E-state index in [9.17, 15) is 22.8 Å². The SMILES string of the molecule is NCCCC[C@H](NC(=O)c1cccnc1)C(=O)COc1c(F)ccc(F)c1F. The van der Waals surface area contributed by atoms with Crippen molar-refractivity contribution < 1.29 is 27.5 Å². The van der Waals surface area contributed by atoms with Crippen LogP contribution in [-0.4, -0.2) is 35.9 Å². The average molecular weight is 395 g/mol. The van der Waals surface area contributed by atoms with Crippen LogP contribution in [-0.2, 0) is 4.79 Å². The molecule has 0 bridgehead atoms. The molecule has 0 aliphatic carbocycles. The van der Waals surface area contributed by atoms with Crippen molar-refractivity contribution in [3.8, 4) is 5.75 Å². The second kappa shape index (κ2) is 10.4. The number of nitrogens with two attached hydrogens (primary N) is 1. The van der Waals surface area contributed by atoms with Crippen LogP contribution in [0.15, 0.2) is 36.7 Å². The van der Waals surface area contributed by atoms with Gasteiger partial charge >= 0.3 is 0 Å². The molecule has 1 heterocycles. The number of nitrogens with zero attached hydrogens (tertiary/aromatic N) is 1. The third-order valence-electron chi connectivity index (χ3n) is 3.93. The lowest BCUT2D eigenvalue weighted by atomic mass is 10.0. The normalized spacial score (nSPS) is 11.7. The molecule has 2 rings (SSSR count). The molecule has 2 aromatic rings. The van der Waals surface area contributed by atoms with Gasteiger partial charge in [0.1, 0.15) is 6.61 Å². The second-order valence-electron chi connectivity index (χ2n) is 5.98. The molecule has 0 radical (unpaired) electrons. The monoisotopic (exact) mass is 395 g/mol. The number of aromatic nitrogens is 1. The van der Waals surface area contributed by atoms with Gasteiger partial charge in [0, 0.05) is 12.4 Å². The Morgan fingerprint density at radius 2 is 1.89 bits per heavy atom. The molecule has 1 aromatic carbocycles. The predicted molar refractivity (Wildman–Crippen MR) is 95.2 cm³/mol. The Labute approximate surface area is 159 Å². The number of hydrogen-bond acceptors (Lipinski definition) is 5. The lowest BCUT2D eigenvalue weighted by Gasteiger charge is -2.18. The fourth-order valence-corrected chi connectivity index (χ4v) is 2.43. The van der Waals surface area contributed by atoms with Crippen LogP contribution < -0.4 is 15.8 Å². The number of halogens is 3. The van der Waals surface area contributed by atoms with Crippen LogP contribution in [0.1, 0.15) is 29.6 Å². The van der Waals surface area contributed by atoms with Crippen LogP contribution in [0, 0.1) is 17.5 Å². The molecule has 0 fully saturated rings. The molecular formula is C19H20F3N3O3. The van der Waals surface area contributed by atoms with Crippen LogP contribution >= 0.6 is 0 Å². The summed E-state index contributed by atoms with van der Waals surface area (Å²) in [6, 6.07) is 3.44. The highest BCUT2D eigenvalue weighted by Crippen LogP contribution is 2.23. The van der Waals surface area contributed by atoms with E-state index in [0.29, 0.717) is 31.5 Å². The number of ether oxygens (including phenoxy) is 1. The molecule has 0 aliphatic heterocycles. The van der Waals surface area contributed by atoms with E-state index in [1.807, 2.05) is 0 Å². The van der Waals surface area contributed by atoms with Gasteiger partial charge in [-0.1, -0.05) is 0 Å². The molecule has 0 spiro atoms. The van der Waals surface area contributed by atoms with Crippen LogP contribution in [0.25, 0.3) is 0 Å². The van der Waals surface area contributed by atoms with E-state index in [2.05, 4.69) is 10.3 Å². The zero-order valence-corrected chi connectivity index (χ0v) is 15.0. The van der Waals surface area contributed by atoms with Gasteiger partial charge in [-0.15, -0.1) is 0 Å². The number of amides is 1. The summed E-state index contributed by atoms with van der Waals surface area (Å²) in [6.45, 7) is -0.328. The van der Waals surface area contributed by atoms with E-state index in [1.165, 1.54) is 18.5 Å². The number of hydrogen-bond donors (Lipinski definition) is 2. The highest BCUT2D eigenvalue weighted by molar-refractivity contribution is 5.98. The zero-order valence-electron chi connectivity index (χ0n) is 15.0. The van der Waals surface area contributed by atoms with Crippen molar-refractivity contribution in [1.82, 2.24) is 10.3 Å². The van der Waals surface area contributed by atoms with Crippen molar-refractivity contribution in [3.63, 3.8) is 0 Å². The van der Waals surface area contributed by atoms with E-state index in [0.717, 1.165) is 0 Å². The van der Waals surface area contributed by atoms with E-state index in [1.54, 1.807) is 6.07 Å². The Balaban J connectivity index is 2.06. The minimum atomic E-state index is -1.52. The molecule has 150 valence electrons. The van der Waals surface area contributed by atoms with Crippen molar-refractivity contribution >= 4 is 11.7 Å². The fraction of sp³-hybridized carbons (Fsp3) is 0.316. The molecule has 6 nitrogen and oxygen atoms in total. The predicted octanol–water partition coefficient (Wildman–Crippen LogP) is 2.37. The maximum absolute atomic E-state index is 13.7. The van der Waals surface area contributed by atoms with Gasteiger partial charge in [-0.25, -0.2) is 8.78 Å². The zero-order chi connectivity index (χ0) is 20.5. The summed E-state index contributed by atoms with van der Waals surface area (Å²) >= 11 is 0. The summed E-state index contributed by atoms with van der Waals surface area (Å²) in [7, 11) is 0. The van der Waals surface area contributed by atoms with Crippen molar-refractivity contribution in [1.29, 1.82) is 0 Å². The van der Waals surface area contributed by atoms with Gasteiger partial charge < -0.3 is 15.8 Å². The molecule has 9 heteroatoms. The number of carbonyl (C=O) groups excluding carboxylic acids is 2. The summed E-state index contributed by atoms with van der Waals surface area (Å²) in [5.74, 6) is -6.07. The number of benzene rings is 1. The lowest BCUT2D eigenvalue weighted by molar-refractivity contribution is -0.123. The minimum absolute atomic E-state index is 0.252. The number of Topliss-reactive ketones (excluding diaryl/α,β-unsaturated/α-hetero) is 1. The lowest BCUT2D eigenvalue weighted by Crippen LogP contribution is -2.43. The number of pyridine rings is 1. The summed E-state index contributed by atoms with van der Waals surface area (Å²) < 4.78 is 45.4. The molecule has 28 heavy (non-hydrogen) atoms. The molecule has 0 saturated carbocycles. The van der Waals surface area contributed by atoms with Gasteiger partial charge in [0.15, 0.2) is 23.2 Å². The van der Waals surface area contributed by atoms with Gasteiger partial charge in [0.2, 0.25) is 5.82 Å². The van der Waals surface area contributed by atoms with E-state index >= 15 is 0 Å². The van der Waals surface area contributed by atoms with E-state index in [4.69, 9.17) is 10.5 Å². The molecule has 0 unspecified atom stereocenters.